The van der Waals surface area contributed by atoms with Crippen molar-refractivity contribution in [1.82, 2.24) is 0 Å². The van der Waals surface area contributed by atoms with Crippen LogP contribution in [0.1, 0.15) is 0 Å². The smallest absolute Gasteiger partial charge is 0.349 e. The molecule has 33 heavy (non-hydrogen) atoms. The summed E-state index contributed by atoms with van der Waals surface area (Å²) in [5, 5.41) is 10.9. The highest BCUT2D eigenvalue weighted by atomic mass is 16.6. The van der Waals surface area contributed by atoms with Gasteiger partial charge in [0.25, 0.3) is 5.69 Å². The first kappa shape index (κ1) is 21.6. The molecule has 0 spiro atoms. The highest BCUT2D eigenvalue weighted by Gasteiger charge is 2.12. The fraction of sp³-hybridized carbons (Fsp3) is 0.0833. The molecule has 166 valence electrons. The molecule has 0 aliphatic heterocycles. The van der Waals surface area contributed by atoms with E-state index in [2.05, 4.69) is 0 Å². The Morgan fingerprint density at radius 1 is 0.939 bits per heavy atom. The summed E-state index contributed by atoms with van der Waals surface area (Å²) in [5.74, 6) is 0.821. The van der Waals surface area contributed by atoms with Gasteiger partial charge in [0.05, 0.1) is 17.4 Å². The average Bonchev–Trinajstić information content (AvgIpc) is 2.83. The average molecular weight is 447 g/mol. The summed E-state index contributed by atoms with van der Waals surface area (Å²) >= 11 is 0. The van der Waals surface area contributed by atoms with Crippen LogP contribution >= 0.6 is 0 Å². The molecule has 0 saturated carbocycles. The van der Waals surface area contributed by atoms with E-state index in [-0.39, 0.29) is 28.0 Å². The van der Waals surface area contributed by atoms with Crippen LogP contribution in [-0.2, 0) is 4.79 Å². The van der Waals surface area contributed by atoms with Crippen molar-refractivity contribution in [1.29, 1.82) is 0 Å². The van der Waals surface area contributed by atoms with Crippen molar-refractivity contribution in [2.45, 2.75) is 0 Å². The Morgan fingerprint density at radius 3 is 2.27 bits per heavy atom. The Balaban J connectivity index is 1.46. The Hall–Kier alpha value is -4.66. The number of nitro groups is 1. The van der Waals surface area contributed by atoms with Gasteiger partial charge in [-0.3, -0.25) is 14.9 Å². The van der Waals surface area contributed by atoms with Gasteiger partial charge in [-0.2, -0.15) is 0 Å². The number of carbonyl (C=O) groups is 1. The second kappa shape index (κ2) is 9.23. The number of hydrogen-bond acceptors (Lipinski definition) is 8. The summed E-state index contributed by atoms with van der Waals surface area (Å²) in [6.07, 6.45) is 0. The van der Waals surface area contributed by atoms with Gasteiger partial charge in [0.2, 0.25) is 0 Å². The monoisotopic (exact) mass is 447 g/mol. The summed E-state index contributed by atoms with van der Waals surface area (Å²) in [7, 11) is 1.57. The molecule has 0 aliphatic rings. The van der Waals surface area contributed by atoms with Crippen LogP contribution in [0.25, 0.3) is 22.3 Å². The first-order valence-electron chi connectivity index (χ1n) is 9.73. The van der Waals surface area contributed by atoms with E-state index < -0.39 is 17.5 Å². The number of nitro benzene ring substituents is 1. The maximum Gasteiger partial charge on any atom is 0.349 e. The van der Waals surface area contributed by atoms with Gasteiger partial charge in [0.1, 0.15) is 28.6 Å². The largest absolute Gasteiger partial charge is 0.497 e. The molecule has 3 aromatic carbocycles. The molecule has 9 heteroatoms. The molecule has 4 aromatic rings. The lowest BCUT2D eigenvalue weighted by Gasteiger charge is -2.08. The third-order valence-electron chi connectivity index (χ3n) is 4.71. The maximum atomic E-state index is 12.6. The van der Waals surface area contributed by atoms with E-state index in [1.54, 1.807) is 37.4 Å². The molecule has 0 unspecified atom stereocenters. The molecule has 0 bridgehead atoms. The molecule has 0 atom stereocenters. The van der Waals surface area contributed by atoms with Gasteiger partial charge in [-0.1, -0.05) is 0 Å². The number of non-ortho nitro benzene ring substituents is 1. The quantitative estimate of drug-likeness (QED) is 0.177. The van der Waals surface area contributed by atoms with Crippen molar-refractivity contribution in [2.24, 2.45) is 0 Å². The number of benzene rings is 3. The summed E-state index contributed by atoms with van der Waals surface area (Å²) in [6, 6.07) is 18.2. The van der Waals surface area contributed by atoms with E-state index in [1.807, 2.05) is 0 Å². The van der Waals surface area contributed by atoms with E-state index in [0.717, 1.165) is 0 Å². The van der Waals surface area contributed by atoms with Crippen LogP contribution < -0.4 is 19.6 Å². The van der Waals surface area contributed by atoms with Crippen LogP contribution in [0, 0.1) is 10.1 Å². The molecule has 1 aromatic heterocycles. The summed E-state index contributed by atoms with van der Waals surface area (Å²) in [5.41, 5.74) is 0.682. The molecule has 0 aliphatic carbocycles. The van der Waals surface area contributed by atoms with Gasteiger partial charge in [-0.25, -0.2) is 4.79 Å². The predicted octanol–water partition coefficient (Wildman–Crippen LogP) is 4.36. The van der Waals surface area contributed by atoms with Crippen molar-refractivity contribution in [3.63, 3.8) is 0 Å². The zero-order valence-electron chi connectivity index (χ0n) is 17.3. The van der Waals surface area contributed by atoms with Crippen LogP contribution in [0.15, 0.2) is 82.0 Å². The Labute approximate surface area is 186 Å². The highest BCUT2D eigenvalue weighted by Crippen LogP contribution is 2.26. The number of rotatable bonds is 7. The van der Waals surface area contributed by atoms with E-state index >= 15 is 0 Å². The number of nitrogens with zero attached hydrogens (tertiary/aromatic N) is 1. The second-order valence-electron chi connectivity index (χ2n) is 6.88. The molecule has 4 rings (SSSR count). The molecular weight excluding hydrogens is 430 g/mol. The first-order valence-corrected chi connectivity index (χ1v) is 9.73. The van der Waals surface area contributed by atoms with Gasteiger partial charge >= 0.3 is 5.97 Å². The van der Waals surface area contributed by atoms with Crippen molar-refractivity contribution in [3.8, 4) is 28.6 Å². The van der Waals surface area contributed by atoms with Gasteiger partial charge < -0.3 is 18.6 Å². The Kier molecular flexibility index (Phi) is 6.03. The molecule has 9 nitrogen and oxygen atoms in total. The van der Waals surface area contributed by atoms with Gasteiger partial charge in [-0.05, 0) is 54.6 Å². The SMILES string of the molecule is COc1ccc(-c2cc(=O)c3cc(OC(=O)COc4ccc([N+](=O)[O-])cc4)ccc3o2)cc1. The Morgan fingerprint density at radius 2 is 1.61 bits per heavy atom. The van der Waals surface area contributed by atoms with Crippen LogP contribution in [-0.4, -0.2) is 24.6 Å². The predicted molar refractivity (Wildman–Crippen MR) is 119 cm³/mol. The number of fused-ring (bicyclic) bond motifs is 1. The number of carbonyl (C=O) groups excluding carboxylic acids is 1. The van der Waals surface area contributed by atoms with Crippen molar-refractivity contribution in [2.75, 3.05) is 13.7 Å². The minimum Gasteiger partial charge on any atom is -0.497 e. The minimum atomic E-state index is -0.702. The topological polar surface area (TPSA) is 118 Å². The van der Waals surface area contributed by atoms with Crippen molar-refractivity contribution in [3.05, 3.63) is 93.1 Å². The summed E-state index contributed by atoms with van der Waals surface area (Å²) in [4.78, 5) is 34.9. The number of esters is 1. The summed E-state index contributed by atoms with van der Waals surface area (Å²) < 4.78 is 21.5. The van der Waals surface area contributed by atoms with E-state index in [4.69, 9.17) is 18.6 Å². The lowest BCUT2D eigenvalue weighted by molar-refractivity contribution is -0.384. The van der Waals surface area contributed by atoms with Crippen LogP contribution in [0.3, 0.4) is 0 Å². The van der Waals surface area contributed by atoms with Crippen LogP contribution in [0.5, 0.6) is 17.2 Å². The fourth-order valence-corrected chi connectivity index (χ4v) is 3.06. The standard InChI is InChI=1S/C24H17NO8/c1-30-17-6-2-15(3-7-17)23-13-21(26)20-12-19(10-11-22(20)33-23)32-24(27)14-31-18-8-4-16(5-9-18)25(28)29/h2-13H,14H2,1H3. The molecule has 0 amide bonds. The van der Waals surface area contributed by atoms with Gasteiger partial charge in [0, 0.05) is 23.8 Å². The molecule has 0 fully saturated rings. The lowest BCUT2D eigenvalue weighted by Crippen LogP contribution is -2.17. The minimum absolute atomic E-state index is 0.0879. The van der Waals surface area contributed by atoms with Crippen LogP contribution in [0.2, 0.25) is 0 Å². The van der Waals surface area contributed by atoms with E-state index in [1.165, 1.54) is 42.5 Å². The summed E-state index contributed by atoms with van der Waals surface area (Å²) in [6.45, 7) is -0.416. The maximum absolute atomic E-state index is 12.6. The lowest BCUT2D eigenvalue weighted by atomic mass is 10.1. The first-order chi connectivity index (χ1) is 15.9. The molecule has 1 heterocycles. The Bertz CT molecular complexity index is 1370. The number of methoxy groups -OCH3 is 1. The third-order valence-corrected chi connectivity index (χ3v) is 4.71. The normalized spacial score (nSPS) is 10.6. The molecular formula is C24H17NO8. The second-order valence-corrected chi connectivity index (χ2v) is 6.88. The van der Waals surface area contributed by atoms with Gasteiger partial charge in [0.15, 0.2) is 12.0 Å². The molecule has 0 saturated heterocycles. The van der Waals surface area contributed by atoms with E-state index in [9.17, 15) is 19.7 Å². The van der Waals surface area contributed by atoms with Crippen molar-refractivity contribution >= 4 is 22.6 Å². The number of ether oxygens (including phenoxy) is 3. The highest BCUT2D eigenvalue weighted by molar-refractivity contribution is 5.82. The van der Waals surface area contributed by atoms with Gasteiger partial charge in [-0.15, -0.1) is 0 Å². The van der Waals surface area contributed by atoms with E-state index in [0.29, 0.717) is 22.7 Å². The zero-order valence-corrected chi connectivity index (χ0v) is 17.3. The van der Waals surface area contributed by atoms with Crippen molar-refractivity contribution < 1.29 is 28.3 Å². The zero-order chi connectivity index (χ0) is 23.4. The third kappa shape index (κ3) is 4.99. The molecule has 0 radical (unpaired) electrons. The number of hydrogen-bond donors (Lipinski definition) is 0. The fourth-order valence-electron chi connectivity index (χ4n) is 3.06. The van der Waals surface area contributed by atoms with Crippen LogP contribution in [0.4, 0.5) is 5.69 Å². The molecule has 0 N–H and O–H groups in total.